The number of hydrogen-bond acceptors (Lipinski definition) is 12. The van der Waals surface area contributed by atoms with Crippen LogP contribution in [0.3, 0.4) is 0 Å². The van der Waals surface area contributed by atoms with Crippen molar-refractivity contribution >= 4 is 39.2 Å². The van der Waals surface area contributed by atoms with E-state index in [0.29, 0.717) is 73.1 Å². The molecule has 14 heteroatoms. The number of hydrogen-bond donors (Lipinski definition) is 1. The minimum absolute atomic E-state index is 0.0156. The number of carboxylic acid groups (broad SMARTS) is 1. The number of pyridine rings is 1. The second-order valence-electron chi connectivity index (χ2n) is 14.9. The van der Waals surface area contributed by atoms with Gasteiger partial charge in [-0.2, -0.15) is 4.37 Å². The zero-order valence-corrected chi connectivity index (χ0v) is 36.2. The average molecular weight is 872 g/mol. The van der Waals surface area contributed by atoms with Crippen molar-refractivity contribution in [1.29, 1.82) is 0 Å². The van der Waals surface area contributed by atoms with Crippen LogP contribution < -0.4 is 23.7 Å². The fourth-order valence-electron chi connectivity index (χ4n) is 7.67. The van der Waals surface area contributed by atoms with Crippen molar-refractivity contribution in [3.8, 4) is 62.7 Å². The van der Waals surface area contributed by atoms with Gasteiger partial charge in [-0.05, 0) is 104 Å². The molecular formula is C48H46ClN5O7S. The lowest BCUT2D eigenvalue weighted by molar-refractivity contribution is -0.145. The highest BCUT2D eigenvalue weighted by molar-refractivity contribution is 7.13. The number of aromatic nitrogens is 4. The molecule has 4 aromatic carbocycles. The summed E-state index contributed by atoms with van der Waals surface area (Å²) >= 11 is 8.28. The Bertz CT molecular complexity index is 2690. The van der Waals surface area contributed by atoms with E-state index in [-0.39, 0.29) is 18.9 Å². The maximum absolute atomic E-state index is 13.0. The third-order valence-electron chi connectivity index (χ3n) is 10.9. The summed E-state index contributed by atoms with van der Waals surface area (Å²) in [6.45, 7) is 5.58. The molecule has 1 aliphatic rings. The summed E-state index contributed by atoms with van der Waals surface area (Å²) in [5.74, 6) is 1.91. The van der Waals surface area contributed by atoms with Gasteiger partial charge in [0.1, 0.15) is 36.2 Å². The van der Waals surface area contributed by atoms with Crippen molar-refractivity contribution < 1.29 is 33.6 Å². The van der Waals surface area contributed by atoms with Gasteiger partial charge in [0.05, 0.1) is 46.3 Å². The van der Waals surface area contributed by atoms with Crippen LogP contribution in [0.25, 0.3) is 43.9 Å². The van der Waals surface area contributed by atoms with Crippen molar-refractivity contribution in [3.63, 3.8) is 0 Å². The van der Waals surface area contributed by atoms with Gasteiger partial charge in [0.2, 0.25) is 12.0 Å². The summed E-state index contributed by atoms with van der Waals surface area (Å²) in [6.07, 6.45) is 5.75. The van der Waals surface area contributed by atoms with Gasteiger partial charge in [-0.1, -0.05) is 66.6 Å². The summed E-state index contributed by atoms with van der Waals surface area (Å²) in [5, 5.41) is 11.8. The third-order valence-corrected chi connectivity index (χ3v) is 12.1. The standard InChI is InChI=1S/C48H46ClN5O7S/c1-30-35(18-19-39(44(30)49)59-25-24-54-22-9-4-10-23-54)42-43-41(28-51-45(42)32-13-11-14-34(26-32)57-2)62-53-47(43)61-40(48(55)56)27-31-12-5-7-16-37(31)60-29-33-20-21-50-46(52-33)36-15-6-8-17-38(36)58-3/h5-8,11-21,26,28,40H,4,9-10,22-25,27,29H2,1-3H3,(H,55,56)/t40-/m1/s1. The fraction of sp³-hybridized carbons (Fsp3) is 0.271. The van der Waals surface area contributed by atoms with Crippen LogP contribution in [0.5, 0.6) is 28.9 Å². The molecule has 0 radical (unpaired) electrons. The third kappa shape index (κ3) is 9.45. The molecule has 0 spiro atoms. The van der Waals surface area contributed by atoms with Crippen molar-refractivity contribution in [3.05, 3.63) is 125 Å². The summed E-state index contributed by atoms with van der Waals surface area (Å²) in [7, 11) is 3.22. The highest BCUT2D eigenvalue weighted by atomic mass is 35.5. The van der Waals surface area contributed by atoms with Crippen LogP contribution in [0.15, 0.2) is 103 Å². The van der Waals surface area contributed by atoms with E-state index in [4.69, 9.17) is 45.3 Å². The van der Waals surface area contributed by atoms with E-state index in [1.807, 2.05) is 85.8 Å². The molecule has 0 bridgehead atoms. The Kier molecular flexibility index (Phi) is 13.4. The number of nitrogens with zero attached hydrogens (tertiary/aromatic N) is 5. The van der Waals surface area contributed by atoms with Gasteiger partial charge in [0.15, 0.2) is 5.82 Å². The van der Waals surface area contributed by atoms with Crippen LogP contribution in [0.4, 0.5) is 0 Å². The molecule has 1 atom stereocenters. The number of carboxylic acids is 1. The molecule has 1 saturated heterocycles. The Morgan fingerprint density at radius 2 is 1.68 bits per heavy atom. The number of halogens is 1. The van der Waals surface area contributed by atoms with E-state index in [9.17, 15) is 9.90 Å². The highest BCUT2D eigenvalue weighted by Gasteiger charge is 2.28. The van der Waals surface area contributed by atoms with Gasteiger partial charge in [0.25, 0.3) is 0 Å². The molecule has 8 rings (SSSR count). The Morgan fingerprint density at radius 3 is 2.48 bits per heavy atom. The van der Waals surface area contributed by atoms with E-state index >= 15 is 0 Å². The first kappa shape index (κ1) is 42.4. The predicted molar refractivity (Wildman–Crippen MR) is 241 cm³/mol. The zero-order valence-electron chi connectivity index (χ0n) is 34.7. The molecule has 1 N–H and O–H groups in total. The van der Waals surface area contributed by atoms with E-state index in [0.717, 1.165) is 41.9 Å². The maximum Gasteiger partial charge on any atom is 0.345 e. The van der Waals surface area contributed by atoms with Gasteiger partial charge in [-0.25, -0.2) is 14.8 Å². The minimum atomic E-state index is -1.33. The number of fused-ring (bicyclic) bond motifs is 1. The summed E-state index contributed by atoms with van der Waals surface area (Å²) in [4.78, 5) is 29.6. The molecule has 0 aliphatic carbocycles. The molecule has 0 saturated carbocycles. The second kappa shape index (κ2) is 19.6. The largest absolute Gasteiger partial charge is 0.497 e. The molecule has 62 heavy (non-hydrogen) atoms. The number of carbonyl (C=O) groups is 1. The topological polar surface area (TPSA) is 138 Å². The van der Waals surface area contributed by atoms with E-state index < -0.39 is 12.1 Å². The first-order valence-electron chi connectivity index (χ1n) is 20.4. The van der Waals surface area contributed by atoms with Crippen LogP contribution in [0.2, 0.25) is 5.02 Å². The SMILES string of the molecule is COc1cccc(-c2ncc3snc(O[C@H](Cc4ccccc4OCc4ccnc(-c5ccccc5OC)n4)C(=O)O)c3c2-c2ccc(OCCN3CCCCC3)c(Cl)c2C)c1. The monoisotopic (exact) mass is 871 g/mol. The van der Waals surface area contributed by atoms with Gasteiger partial charge in [-0.15, -0.1) is 0 Å². The molecule has 12 nitrogen and oxygen atoms in total. The molecule has 7 aromatic rings. The molecule has 0 unspecified atom stereocenters. The van der Waals surface area contributed by atoms with Crippen molar-refractivity contribution in [2.24, 2.45) is 0 Å². The molecule has 3 aromatic heterocycles. The van der Waals surface area contributed by atoms with Gasteiger partial charge < -0.3 is 28.8 Å². The Hall–Kier alpha value is -6.28. The first-order valence-corrected chi connectivity index (χ1v) is 21.6. The number of methoxy groups -OCH3 is 2. The summed E-state index contributed by atoms with van der Waals surface area (Å²) < 4.78 is 35.5. The molecule has 318 valence electrons. The van der Waals surface area contributed by atoms with E-state index in [1.165, 1.54) is 30.8 Å². The molecular weight excluding hydrogens is 826 g/mol. The van der Waals surface area contributed by atoms with Gasteiger partial charge in [0, 0.05) is 36.5 Å². The minimum Gasteiger partial charge on any atom is -0.497 e. The van der Waals surface area contributed by atoms with Crippen LogP contribution in [-0.2, 0) is 17.8 Å². The number of piperidine rings is 1. The lowest BCUT2D eigenvalue weighted by Crippen LogP contribution is -2.33. The van der Waals surface area contributed by atoms with Crippen molar-refractivity contribution in [2.75, 3.05) is 40.5 Å². The number of ether oxygens (including phenoxy) is 5. The molecule has 0 amide bonds. The lowest BCUT2D eigenvalue weighted by Gasteiger charge is -2.26. The smallest absolute Gasteiger partial charge is 0.345 e. The van der Waals surface area contributed by atoms with Crippen LogP contribution in [-0.4, -0.2) is 81.9 Å². The zero-order chi connectivity index (χ0) is 43.0. The fourth-order valence-corrected chi connectivity index (χ4v) is 8.58. The number of para-hydroxylation sites is 2. The lowest BCUT2D eigenvalue weighted by atomic mass is 9.93. The normalized spacial score (nSPS) is 13.4. The van der Waals surface area contributed by atoms with Crippen LogP contribution in [0.1, 0.15) is 36.1 Å². The predicted octanol–water partition coefficient (Wildman–Crippen LogP) is 9.98. The van der Waals surface area contributed by atoms with E-state index in [1.54, 1.807) is 38.7 Å². The summed E-state index contributed by atoms with van der Waals surface area (Å²) in [6, 6.07) is 28.1. The molecule has 1 aliphatic heterocycles. The van der Waals surface area contributed by atoms with Crippen molar-refractivity contribution in [1.82, 2.24) is 24.2 Å². The van der Waals surface area contributed by atoms with Crippen LogP contribution >= 0.6 is 23.1 Å². The summed E-state index contributed by atoms with van der Waals surface area (Å²) in [5.41, 5.74) is 5.70. The van der Waals surface area contributed by atoms with E-state index in [2.05, 4.69) is 14.3 Å². The number of likely N-dealkylation sites (tertiary alicyclic amines) is 1. The molecule has 1 fully saturated rings. The Balaban J connectivity index is 1.10. The van der Waals surface area contributed by atoms with Gasteiger partial charge >= 0.3 is 5.97 Å². The van der Waals surface area contributed by atoms with Crippen LogP contribution in [0, 0.1) is 6.92 Å². The highest BCUT2D eigenvalue weighted by Crippen LogP contribution is 2.46. The first-order chi connectivity index (χ1) is 30.3. The average Bonchev–Trinajstić information content (AvgIpc) is 3.72. The molecule has 4 heterocycles. The maximum atomic E-state index is 13.0. The van der Waals surface area contributed by atoms with Crippen molar-refractivity contribution in [2.45, 2.75) is 45.3 Å². The quantitative estimate of drug-likeness (QED) is 0.0932. The second-order valence-corrected chi connectivity index (χ2v) is 16.0. The number of benzene rings is 4. The number of aliphatic carboxylic acids is 1. The number of rotatable bonds is 17. The Labute approximate surface area is 369 Å². The Morgan fingerprint density at radius 1 is 0.871 bits per heavy atom. The van der Waals surface area contributed by atoms with Gasteiger partial charge in [-0.3, -0.25) is 9.88 Å².